The Balaban J connectivity index is 2.16. The third-order valence-corrected chi connectivity index (χ3v) is 5.02. The third kappa shape index (κ3) is 4.13. The van der Waals surface area contributed by atoms with Crippen molar-refractivity contribution in [1.82, 2.24) is 5.32 Å². The van der Waals surface area contributed by atoms with E-state index in [-0.39, 0.29) is 5.54 Å². The summed E-state index contributed by atoms with van der Waals surface area (Å²) in [6, 6.07) is 6.04. The summed E-state index contributed by atoms with van der Waals surface area (Å²) in [7, 11) is 0. The van der Waals surface area contributed by atoms with Gasteiger partial charge in [0.1, 0.15) is 0 Å². The van der Waals surface area contributed by atoms with Crippen molar-refractivity contribution in [3.05, 3.63) is 33.8 Å². The lowest BCUT2D eigenvalue weighted by molar-refractivity contribution is 0.269. The van der Waals surface area contributed by atoms with Crippen molar-refractivity contribution in [3.63, 3.8) is 0 Å². The number of rotatable bonds is 3. The normalized spacial score (nSPS) is 23.9. The van der Waals surface area contributed by atoms with Crippen LogP contribution in [0.4, 0.5) is 0 Å². The SMILES string of the molecule is CC(C)(C)NCC1CCCCC1c1cccc(Cl)c1Cl. The lowest BCUT2D eigenvalue weighted by atomic mass is 9.75. The Hall–Kier alpha value is -0.240. The van der Waals surface area contributed by atoms with Gasteiger partial charge in [0.15, 0.2) is 0 Å². The molecule has 0 radical (unpaired) electrons. The smallest absolute Gasteiger partial charge is 0.0627 e. The summed E-state index contributed by atoms with van der Waals surface area (Å²) in [5.41, 5.74) is 1.40. The molecule has 3 heteroatoms. The van der Waals surface area contributed by atoms with Crippen LogP contribution >= 0.6 is 23.2 Å². The molecular weight excluding hydrogens is 289 g/mol. The molecular formula is C17H25Cl2N. The highest BCUT2D eigenvalue weighted by molar-refractivity contribution is 6.42. The number of benzene rings is 1. The van der Waals surface area contributed by atoms with Gasteiger partial charge in [0.05, 0.1) is 10.0 Å². The Morgan fingerprint density at radius 2 is 1.85 bits per heavy atom. The van der Waals surface area contributed by atoms with E-state index in [9.17, 15) is 0 Å². The monoisotopic (exact) mass is 313 g/mol. The zero-order chi connectivity index (χ0) is 14.8. The van der Waals surface area contributed by atoms with Gasteiger partial charge in [-0.1, -0.05) is 48.2 Å². The van der Waals surface area contributed by atoms with Crippen molar-refractivity contribution < 1.29 is 0 Å². The van der Waals surface area contributed by atoms with Gasteiger partial charge in [0.2, 0.25) is 0 Å². The molecule has 20 heavy (non-hydrogen) atoms. The largest absolute Gasteiger partial charge is 0.312 e. The molecule has 1 saturated carbocycles. The molecule has 1 aliphatic carbocycles. The van der Waals surface area contributed by atoms with Crippen LogP contribution in [0.2, 0.25) is 10.0 Å². The van der Waals surface area contributed by atoms with Crippen molar-refractivity contribution in [3.8, 4) is 0 Å². The average Bonchev–Trinajstić information content (AvgIpc) is 2.39. The highest BCUT2D eigenvalue weighted by Gasteiger charge is 2.29. The molecule has 1 aliphatic rings. The Kier molecular flexibility index (Phi) is 5.39. The van der Waals surface area contributed by atoms with Crippen LogP contribution in [-0.2, 0) is 0 Å². The minimum Gasteiger partial charge on any atom is -0.312 e. The van der Waals surface area contributed by atoms with Crippen molar-refractivity contribution in [2.75, 3.05) is 6.54 Å². The quantitative estimate of drug-likeness (QED) is 0.759. The van der Waals surface area contributed by atoms with Crippen LogP contribution in [0.25, 0.3) is 0 Å². The van der Waals surface area contributed by atoms with Gasteiger partial charge in [-0.3, -0.25) is 0 Å². The Labute approximate surface area is 133 Å². The highest BCUT2D eigenvalue weighted by Crippen LogP contribution is 2.42. The molecule has 0 saturated heterocycles. The summed E-state index contributed by atoms with van der Waals surface area (Å²) < 4.78 is 0. The lowest BCUT2D eigenvalue weighted by Crippen LogP contribution is -2.41. The van der Waals surface area contributed by atoms with Crippen LogP contribution in [-0.4, -0.2) is 12.1 Å². The maximum atomic E-state index is 6.43. The van der Waals surface area contributed by atoms with E-state index < -0.39 is 0 Å². The summed E-state index contributed by atoms with van der Waals surface area (Å²) in [5, 5.41) is 5.08. The van der Waals surface area contributed by atoms with E-state index in [0.717, 1.165) is 11.6 Å². The molecule has 1 aromatic rings. The van der Waals surface area contributed by atoms with E-state index in [4.69, 9.17) is 23.2 Å². The molecule has 1 nitrogen and oxygen atoms in total. The Bertz CT molecular complexity index is 451. The predicted molar refractivity (Wildman–Crippen MR) is 88.9 cm³/mol. The summed E-state index contributed by atoms with van der Waals surface area (Å²) >= 11 is 12.6. The molecule has 2 unspecified atom stereocenters. The summed E-state index contributed by atoms with van der Waals surface area (Å²) in [5.74, 6) is 1.18. The first-order valence-electron chi connectivity index (χ1n) is 7.57. The van der Waals surface area contributed by atoms with Gasteiger partial charge in [-0.25, -0.2) is 0 Å². The summed E-state index contributed by atoms with van der Waals surface area (Å²) in [6.07, 6.45) is 5.11. The number of hydrogen-bond donors (Lipinski definition) is 1. The molecule has 0 aromatic heterocycles. The van der Waals surface area contributed by atoms with Crippen molar-refractivity contribution >= 4 is 23.2 Å². The van der Waals surface area contributed by atoms with E-state index >= 15 is 0 Å². The van der Waals surface area contributed by atoms with Crippen LogP contribution in [0.15, 0.2) is 18.2 Å². The molecule has 1 fully saturated rings. The maximum Gasteiger partial charge on any atom is 0.0627 e. The van der Waals surface area contributed by atoms with Gasteiger partial charge >= 0.3 is 0 Å². The molecule has 2 atom stereocenters. The topological polar surface area (TPSA) is 12.0 Å². The second-order valence-corrected chi connectivity index (χ2v) is 7.71. The molecule has 0 amide bonds. The molecule has 1 N–H and O–H groups in total. The van der Waals surface area contributed by atoms with Crippen molar-refractivity contribution in [2.24, 2.45) is 5.92 Å². The first-order chi connectivity index (χ1) is 9.38. The molecule has 0 aliphatic heterocycles. The third-order valence-electron chi connectivity index (χ3n) is 4.18. The van der Waals surface area contributed by atoms with E-state index in [2.05, 4.69) is 32.2 Å². The molecule has 0 bridgehead atoms. The fourth-order valence-corrected chi connectivity index (χ4v) is 3.55. The first-order valence-corrected chi connectivity index (χ1v) is 8.33. The van der Waals surface area contributed by atoms with Gasteiger partial charge in [0.25, 0.3) is 0 Å². The Morgan fingerprint density at radius 1 is 1.15 bits per heavy atom. The van der Waals surface area contributed by atoms with Crippen LogP contribution in [0.1, 0.15) is 57.9 Å². The summed E-state index contributed by atoms with van der Waals surface area (Å²) in [6.45, 7) is 7.71. The minimum atomic E-state index is 0.167. The second-order valence-electron chi connectivity index (χ2n) is 6.92. The van der Waals surface area contributed by atoms with E-state index in [1.807, 2.05) is 12.1 Å². The first kappa shape index (κ1) is 16.1. The van der Waals surface area contributed by atoms with E-state index in [1.54, 1.807) is 0 Å². The van der Waals surface area contributed by atoms with Gasteiger partial charge in [-0.2, -0.15) is 0 Å². The van der Waals surface area contributed by atoms with Gasteiger partial charge in [-0.05, 0) is 63.6 Å². The molecule has 0 heterocycles. The highest BCUT2D eigenvalue weighted by atomic mass is 35.5. The van der Waals surface area contributed by atoms with Crippen molar-refractivity contribution in [2.45, 2.75) is 57.9 Å². The minimum absolute atomic E-state index is 0.167. The zero-order valence-corrected chi connectivity index (χ0v) is 14.2. The maximum absolute atomic E-state index is 6.43. The predicted octanol–water partition coefficient (Wildman–Crippen LogP) is 5.66. The second kappa shape index (κ2) is 6.68. The standard InChI is InChI=1S/C17H25Cl2N/c1-17(2,3)20-11-12-7-4-5-8-13(12)14-9-6-10-15(18)16(14)19/h6,9-10,12-13,20H,4-5,7-8,11H2,1-3H3. The van der Waals surface area contributed by atoms with Gasteiger partial charge in [-0.15, -0.1) is 0 Å². The van der Waals surface area contributed by atoms with Crippen LogP contribution in [0.5, 0.6) is 0 Å². The molecule has 0 spiro atoms. The molecule has 1 aromatic carbocycles. The molecule has 112 valence electrons. The zero-order valence-electron chi connectivity index (χ0n) is 12.7. The Morgan fingerprint density at radius 3 is 2.55 bits per heavy atom. The fourth-order valence-electron chi connectivity index (χ4n) is 3.11. The van der Waals surface area contributed by atoms with E-state index in [1.165, 1.54) is 31.2 Å². The van der Waals surface area contributed by atoms with Gasteiger partial charge in [0, 0.05) is 5.54 Å². The number of halogens is 2. The van der Waals surface area contributed by atoms with Crippen LogP contribution < -0.4 is 5.32 Å². The lowest BCUT2D eigenvalue weighted by Gasteiger charge is -2.35. The van der Waals surface area contributed by atoms with Gasteiger partial charge < -0.3 is 5.32 Å². The van der Waals surface area contributed by atoms with Crippen molar-refractivity contribution in [1.29, 1.82) is 0 Å². The molecule has 2 rings (SSSR count). The van der Waals surface area contributed by atoms with Crippen LogP contribution in [0.3, 0.4) is 0 Å². The van der Waals surface area contributed by atoms with Crippen LogP contribution in [0, 0.1) is 5.92 Å². The summed E-state index contributed by atoms with van der Waals surface area (Å²) in [4.78, 5) is 0. The average molecular weight is 314 g/mol. The number of hydrogen-bond acceptors (Lipinski definition) is 1. The number of nitrogens with one attached hydrogen (secondary N) is 1. The van der Waals surface area contributed by atoms with E-state index in [0.29, 0.717) is 16.9 Å². The fraction of sp³-hybridized carbons (Fsp3) is 0.647.